The van der Waals surface area contributed by atoms with Crippen LogP contribution in [0.4, 0.5) is 0 Å². The number of methoxy groups -OCH3 is 1. The summed E-state index contributed by atoms with van der Waals surface area (Å²) in [6.07, 6.45) is 0.564. The molecule has 1 heterocycles. The summed E-state index contributed by atoms with van der Waals surface area (Å²) in [4.78, 5) is 23.9. The van der Waals surface area contributed by atoms with Crippen molar-refractivity contribution in [3.63, 3.8) is 0 Å². The highest BCUT2D eigenvalue weighted by atomic mass is 16.5. The molecule has 1 unspecified atom stereocenters. The number of fused-ring (bicyclic) bond motifs is 1. The van der Waals surface area contributed by atoms with Crippen molar-refractivity contribution in [2.75, 3.05) is 13.7 Å². The quantitative estimate of drug-likeness (QED) is 0.811. The number of amides is 1. The van der Waals surface area contributed by atoms with Crippen molar-refractivity contribution >= 4 is 16.9 Å². The van der Waals surface area contributed by atoms with E-state index in [1.54, 1.807) is 18.2 Å². The summed E-state index contributed by atoms with van der Waals surface area (Å²) in [7, 11) is 1.53. The second kappa shape index (κ2) is 6.41. The Bertz CT molecular complexity index is 703. The van der Waals surface area contributed by atoms with E-state index in [1.165, 1.54) is 13.2 Å². The van der Waals surface area contributed by atoms with E-state index in [9.17, 15) is 9.59 Å². The zero-order valence-corrected chi connectivity index (χ0v) is 11.9. The van der Waals surface area contributed by atoms with Crippen LogP contribution in [-0.2, 0) is 0 Å². The maximum atomic E-state index is 12.1. The van der Waals surface area contributed by atoms with Gasteiger partial charge in [0.1, 0.15) is 16.9 Å². The maximum absolute atomic E-state index is 12.1. The first kappa shape index (κ1) is 15.1. The van der Waals surface area contributed by atoms with Crippen molar-refractivity contribution < 1.29 is 19.1 Å². The number of ether oxygens (including phenoxy) is 1. The Morgan fingerprint density at radius 1 is 1.43 bits per heavy atom. The van der Waals surface area contributed by atoms with Gasteiger partial charge in [-0.15, -0.1) is 0 Å². The second-order valence-electron chi connectivity index (χ2n) is 4.61. The molecule has 2 N–H and O–H groups in total. The summed E-state index contributed by atoms with van der Waals surface area (Å²) in [5.41, 5.74) is -0.424. The number of rotatable bonds is 5. The first-order valence-corrected chi connectivity index (χ1v) is 6.62. The fourth-order valence-corrected chi connectivity index (χ4v) is 1.93. The molecule has 0 fully saturated rings. The lowest BCUT2D eigenvalue weighted by Crippen LogP contribution is -2.38. The van der Waals surface area contributed by atoms with Crippen LogP contribution in [0.5, 0.6) is 5.75 Å². The fraction of sp³-hybridized carbons (Fsp3) is 0.333. The smallest absolute Gasteiger partial charge is 0.349 e. The summed E-state index contributed by atoms with van der Waals surface area (Å²) in [5.74, 6) is 0.0406. The van der Waals surface area contributed by atoms with Crippen LogP contribution in [0.15, 0.2) is 33.5 Å². The van der Waals surface area contributed by atoms with Gasteiger partial charge in [-0.25, -0.2) is 4.79 Å². The average Bonchev–Trinajstić information content (AvgIpc) is 2.51. The van der Waals surface area contributed by atoms with Gasteiger partial charge in [0.2, 0.25) is 0 Å². The van der Waals surface area contributed by atoms with E-state index in [4.69, 9.17) is 14.3 Å². The Hall–Kier alpha value is -2.34. The van der Waals surface area contributed by atoms with Crippen molar-refractivity contribution in [1.82, 2.24) is 5.32 Å². The number of aliphatic hydroxyl groups excluding tert-OH is 1. The first-order valence-electron chi connectivity index (χ1n) is 6.62. The van der Waals surface area contributed by atoms with Crippen molar-refractivity contribution in [2.24, 2.45) is 0 Å². The highest BCUT2D eigenvalue weighted by molar-refractivity contribution is 5.96. The van der Waals surface area contributed by atoms with Gasteiger partial charge in [0, 0.05) is 5.39 Å². The molecule has 21 heavy (non-hydrogen) atoms. The van der Waals surface area contributed by atoms with Gasteiger partial charge in [-0.2, -0.15) is 0 Å². The Morgan fingerprint density at radius 2 is 2.19 bits per heavy atom. The molecule has 1 aromatic carbocycles. The molecule has 1 aromatic heterocycles. The van der Waals surface area contributed by atoms with Crippen molar-refractivity contribution in [2.45, 2.75) is 19.4 Å². The maximum Gasteiger partial charge on any atom is 0.349 e. The lowest BCUT2D eigenvalue weighted by molar-refractivity contribution is 0.0911. The van der Waals surface area contributed by atoms with Crippen LogP contribution >= 0.6 is 0 Å². The SMILES string of the molecule is CCC(CO)NC(=O)c1cc2cc(OC)ccc2oc1=O. The van der Waals surface area contributed by atoms with Crippen LogP contribution in [0.3, 0.4) is 0 Å². The van der Waals surface area contributed by atoms with Crippen LogP contribution < -0.4 is 15.7 Å². The van der Waals surface area contributed by atoms with Gasteiger partial charge in [0.15, 0.2) is 0 Å². The largest absolute Gasteiger partial charge is 0.497 e. The van der Waals surface area contributed by atoms with Crippen molar-refractivity contribution in [3.8, 4) is 5.75 Å². The highest BCUT2D eigenvalue weighted by Gasteiger charge is 2.16. The minimum Gasteiger partial charge on any atom is -0.497 e. The number of aliphatic hydroxyl groups is 1. The molecule has 0 saturated heterocycles. The van der Waals surface area contributed by atoms with E-state index in [-0.39, 0.29) is 12.2 Å². The third-order valence-corrected chi connectivity index (χ3v) is 3.23. The van der Waals surface area contributed by atoms with Crippen molar-refractivity contribution in [1.29, 1.82) is 0 Å². The Labute approximate surface area is 121 Å². The zero-order chi connectivity index (χ0) is 15.4. The molecule has 1 atom stereocenters. The molecule has 6 heteroatoms. The van der Waals surface area contributed by atoms with Crippen LogP contribution in [0, 0.1) is 0 Å². The number of benzene rings is 1. The topological polar surface area (TPSA) is 88.8 Å². The molecule has 0 radical (unpaired) electrons. The molecular formula is C15H17NO5. The van der Waals surface area contributed by atoms with E-state index in [1.807, 2.05) is 6.92 Å². The predicted molar refractivity (Wildman–Crippen MR) is 77.7 cm³/mol. The van der Waals surface area contributed by atoms with Crippen LogP contribution in [0.2, 0.25) is 0 Å². The molecule has 0 spiro atoms. The summed E-state index contributed by atoms with van der Waals surface area (Å²) in [6, 6.07) is 6.03. The van der Waals surface area contributed by atoms with E-state index < -0.39 is 17.6 Å². The number of hydrogen-bond acceptors (Lipinski definition) is 5. The van der Waals surface area contributed by atoms with E-state index >= 15 is 0 Å². The predicted octanol–water partition coefficient (Wildman–Crippen LogP) is 1.30. The molecule has 0 saturated carbocycles. The van der Waals surface area contributed by atoms with Gasteiger partial charge in [-0.05, 0) is 30.7 Å². The number of nitrogens with one attached hydrogen (secondary N) is 1. The molecule has 0 aliphatic heterocycles. The lowest BCUT2D eigenvalue weighted by atomic mass is 10.1. The number of hydrogen-bond donors (Lipinski definition) is 2. The Morgan fingerprint density at radius 3 is 2.81 bits per heavy atom. The molecule has 112 valence electrons. The average molecular weight is 291 g/mol. The standard InChI is InChI=1S/C15H17NO5/c1-3-10(8-17)16-14(18)12-7-9-6-11(20-2)4-5-13(9)21-15(12)19/h4-7,10,17H,3,8H2,1-2H3,(H,16,18). The summed E-state index contributed by atoms with van der Waals surface area (Å²) in [5, 5.41) is 12.3. The molecule has 0 aliphatic rings. The zero-order valence-electron chi connectivity index (χ0n) is 11.9. The minimum atomic E-state index is -0.710. The monoisotopic (exact) mass is 291 g/mol. The number of carbonyl (C=O) groups excluding carboxylic acids is 1. The third-order valence-electron chi connectivity index (χ3n) is 3.23. The van der Waals surface area contributed by atoms with E-state index in [0.717, 1.165) is 0 Å². The molecule has 6 nitrogen and oxygen atoms in total. The van der Waals surface area contributed by atoms with Crippen molar-refractivity contribution in [3.05, 3.63) is 40.2 Å². The lowest BCUT2D eigenvalue weighted by Gasteiger charge is -2.13. The molecule has 0 aliphatic carbocycles. The third kappa shape index (κ3) is 3.22. The van der Waals surface area contributed by atoms with Gasteiger partial charge < -0.3 is 19.6 Å². The summed E-state index contributed by atoms with van der Waals surface area (Å²) < 4.78 is 10.2. The second-order valence-corrected chi connectivity index (χ2v) is 4.61. The van der Waals surface area contributed by atoms with Gasteiger partial charge in [-0.3, -0.25) is 4.79 Å². The van der Waals surface area contributed by atoms with Crippen LogP contribution in [-0.4, -0.2) is 30.8 Å². The van der Waals surface area contributed by atoms with E-state index in [2.05, 4.69) is 5.32 Å². The normalized spacial score (nSPS) is 12.1. The molecular weight excluding hydrogens is 274 g/mol. The van der Waals surface area contributed by atoms with Gasteiger partial charge in [0.25, 0.3) is 5.91 Å². The summed E-state index contributed by atoms with van der Waals surface area (Å²) >= 11 is 0. The molecule has 0 bridgehead atoms. The summed E-state index contributed by atoms with van der Waals surface area (Å²) in [6.45, 7) is 1.64. The highest BCUT2D eigenvalue weighted by Crippen LogP contribution is 2.20. The first-order chi connectivity index (χ1) is 10.1. The fourth-order valence-electron chi connectivity index (χ4n) is 1.93. The van der Waals surface area contributed by atoms with Gasteiger partial charge in [0.05, 0.1) is 19.8 Å². The Kier molecular flexibility index (Phi) is 4.59. The van der Waals surface area contributed by atoms with E-state index in [0.29, 0.717) is 23.1 Å². The molecule has 1 amide bonds. The Balaban J connectivity index is 2.41. The van der Waals surface area contributed by atoms with Gasteiger partial charge in [-0.1, -0.05) is 6.92 Å². The van der Waals surface area contributed by atoms with Crippen LogP contribution in [0.1, 0.15) is 23.7 Å². The molecule has 2 aromatic rings. The molecule has 2 rings (SSSR count). The van der Waals surface area contributed by atoms with Crippen LogP contribution in [0.25, 0.3) is 11.0 Å². The number of carbonyl (C=O) groups is 1. The minimum absolute atomic E-state index is 0.0948. The van der Waals surface area contributed by atoms with Gasteiger partial charge >= 0.3 is 5.63 Å².